The maximum atomic E-state index is 10.6. The van der Waals surface area contributed by atoms with Gasteiger partial charge in [0, 0.05) is 6.42 Å². The number of aliphatic carboxylic acids is 1. The topological polar surface area (TPSA) is 37.3 Å². The number of rotatable bonds is 5. The molecule has 1 rings (SSSR count). The highest BCUT2D eigenvalue weighted by Crippen LogP contribution is 2.49. The standard InChI is InChI=1S/C17H30O2/c1-12(2)15-11-14(7-6-8-16(18)19)9-10-17(15,5)13(3)4/h13-14H,6-11H2,1-5H3,(H,18,19)/t14?,17-/m1/s1. The third-order valence-corrected chi connectivity index (χ3v) is 5.13. The van der Waals surface area contributed by atoms with Crippen molar-refractivity contribution >= 4 is 5.97 Å². The normalized spacial score (nSPS) is 27.7. The molecule has 1 aliphatic carbocycles. The van der Waals surface area contributed by atoms with Crippen LogP contribution in [-0.2, 0) is 4.79 Å². The van der Waals surface area contributed by atoms with Gasteiger partial charge in [-0.25, -0.2) is 0 Å². The van der Waals surface area contributed by atoms with Crippen LogP contribution in [0.5, 0.6) is 0 Å². The van der Waals surface area contributed by atoms with E-state index in [2.05, 4.69) is 34.6 Å². The predicted octanol–water partition coefficient (Wildman–Crippen LogP) is 5.04. The second-order valence-electron chi connectivity index (χ2n) is 6.95. The fraction of sp³-hybridized carbons (Fsp3) is 0.824. The number of hydrogen-bond donors (Lipinski definition) is 1. The molecule has 0 amide bonds. The van der Waals surface area contributed by atoms with Crippen molar-refractivity contribution in [1.29, 1.82) is 0 Å². The number of allylic oxidation sites excluding steroid dienone is 2. The SMILES string of the molecule is CC(C)=C1CC(CCCC(=O)O)CC[C@]1(C)C(C)C. The first-order valence-corrected chi connectivity index (χ1v) is 7.66. The summed E-state index contributed by atoms with van der Waals surface area (Å²) in [6.07, 6.45) is 5.90. The van der Waals surface area contributed by atoms with Crippen LogP contribution in [0.2, 0.25) is 0 Å². The number of hydrogen-bond acceptors (Lipinski definition) is 1. The molecule has 0 aromatic heterocycles. The first-order valence-electron chi connectivity index (χ1n) is 7.66. The molecule has 1 saturated carbocycles. The maximum absolute atomic E-state index is 10.6. The Morgan fingerprint density at radius 1 is 1.42 bits per heavy atom. The highest BCUT2D eigenvalue weighted by molar-refractivity contribution is 5.66. The van der Waals surface area contributed by atoms with Crippen LogP contribution in [-0.4, -0.2) is 11.1 Å². The van der Waals surface area contributed by atoms with E-state index >= 15 is 0 Å². The third kappa shape index (κ3) is 4.09. The Morgan fingerprint density at radius 2 is 2.05 bits per heavy atom. The van der Waals surface area contributed by atoms with Gasteiger partial charge in [0.15, 0.2) is 0 Å². The minimum atomic E-state index is -0.662. The maximum Gasteiger partial charge on any atom is 0.303 e. The van der Waals surface area contributed by atoms with E-state index in [1.54, 1.807) is 5.57 Å². The third-order valence-electron chi connectivity index (χ3n) is 5.13. The van der Waals surface area contributed by atoms with E-state index in [1.807, 2.05) is 0 Å². The van der Waals surface area contributed by atoms with Crippen LogP contribution in [0, 0.1) is 17.3 Å². The highest BCUT2D eigenvalue weighted by Gasteiger charge is 2.38. The van der Waals surface area contributed by atoms with E-state index in [-0.39, 0.29) is 0 Å². The molecule has 0 radical (unpaired) electrons. The van der Waals surface area contributed by atoms with E-state index in [0.29, 0.717) is 23.7 Å². The molecular formula is C17H30O2. The molecule has 19 heavy (non-hydrogen) atoms. The molecule has 0 bridgehead atoms. The lowest BCUT2D eigenvalue weighted by Gasteiger charge is -2.44. The van der Waals surface area contributed by atoms with E-state index in [0.717, 1.165) is 12.8 Å². The van der Waals surface area contributed by atoms with E-state index in [9.17, 15) is 4.79 Å². The fourth-order valence-electron chi connectivity index (χ4n) is 3.48. The van der Waals surface area contributed by atoms with Crippen molar-refractivity contribution in [2.24, 2.45) is 17.3 Å². The van der Waals surface area contributed by atoms with Crippen molar-refractivity contribution in [2.45, 2.75) is 73.1 Å². The Labute approximate surface area is 118 Å². The van der Waals surface area contributed by atoms with Crippen LogP contribution in [0.25, 0.3) is 0 Å². The van der Waals surface area contributed by atoms with Crippen molar-refractivity contribution in [3.8, 4) is 0 Å². The molecule has 0 aromatic carbocycles. The molecule has 2 nitrogen and oxygen atoms in total. The molecule has 1 fully saturated rings. The predicted molar refractivity (Wildman–Crippen MR) is 80.1 cm³/mol. The smallest absolute Gasteiger partial charge is 0.303 e. The summed E-state index contributed by atoms with van der Waals surface area (Å²) in [5, 5.41) is 8.73. The molecule has 0 heterocycles. The van der Waals surface area contributed by atoms with Crippen molar-refractivity contribution in [1.82, 2.24) is 0 Å². The summed E-state index contributed by atoms with van der Waals surface area (Å²) in [4.78, 5) is 10.6. The van der Waals surface area contributed by atoms with Gasteiger partial charge in [0.2, 0.25) is 0 Å². The van der Waals surface area contributed by atoms with Crippen LogP contribution in [0.3, 0.4) is 0 Å². The van der Waals surface area contributed by atoms with Gasteiger partial charge in [0.1, 0.15) is 0 Å². The van der Waals surface area contributed by atoms with Crippen molar-refractivity contribution in [3.63, 3.8) is 0 Å². The van der Waals surface area contributed by atoms with Gasteiger partial charge in [-0.05, 0) is 63.2 Å². The van der Waals surface area contributed by atoms with Crippen LogP contribution in [0.15, 0.2) is 11.1 Å². The minimum absolute atomic E-state index is 0.322. The van der Waals surface area contributed by atoms with E-state index in [1.165, 1.54) is 24.8 Å². The highest BCUT2D eigenvalue weighted by atomic mass is 16.4. The lowest BCUT2D eigenvalue weighted by atomic mass is 9.61. The molecule has 1 aliphatic rings. The minimum Gasteiger partial charge on any atom is -0.481 e. The molecule has 0 aromatic rings. The summed E-state index contributed by atoms with van der Waals surface area (Å²) in [7, 11) is 0. The van der Waals surface area contributed by atoms with Gasteiger partial charge in [0.25, 0.3) is 0 Å². The summed E-state index contributed by atoms with van der Waals surface area (Å²) >= 11 is 0. The fourth-order valence-corrected chi connectivity index (χ4v) is 3.48. The summed E-state index contributed by atoms with van der Waals surface area (Å²) in [5.74, 6) is 0.707. The second kappa shape index (κ2) is 6.58. The zero-order valence-electron chi connectivity index (χ0n) is 13.3. The Morgan fingerprint density at radius 3 is 2.53 bits per heavy atom. The molecule has 1 unspecified atom stereocenters. The van der Waals surface area contributed by atoms with E-state index < -0.39 is 5.97 Å². The van der Waals surface area contributed by atoms with Crippen molar-refractivity contribution in [3.05, 3.63) is 11.1 Å². The van der Waals surface area contributed by atoms with Gasteiger partial charge >= 0.3 is 5.97 Å². The van der Waals surface area contributed by atoms with Crippen molar-refractivity contribution in [2.75, 3.05) is 0 Å². The molecule has 2 heteroatoms. The Balaban J connectivity index is 2.68. The van der Waals surface area contributed by atoms with Crippen LogP contribution in [0.1, 0.15) is 73.1 Å². The number of carboxylic acids is 1. The largest absolute Gasteiger partial charge is 0.481 e. The average Bonchev–Trinajstić information content (AvgIpc) is 2.30. The molecule has 1 N–H and O–H groups in total. The van der Waals surface area contributed by atoms with Gasteiger partial charge in [-0.15, -0.1) is 0 Å². The van der Waals surface area contributed by atoms with Crippen molar-refractivity contribution < 1.29 is 9.90 Å². The van der Waals surface area contributed by atoms with E-state index in [4.69, 9.17) is 5.11 Å². The summed E-state index contributed by atoms with van der Waals surface area (Å²) < 4.78 is 0. The number of carbonyl (C=O) groups is 1. The Hall–Kier alpha value is -0.790. The van der Waals surface area contributed by atoms with Gasteiger partial charge < -0.3 is 5.11 Å². The molecule has 2 atom stereocenters. The van der Waals surface area contributed by atoms with Crippen LogP contribution >= 0.6 is 0 Å². The van der Waals surface area contributed by atoms with Gasteiger partial charge in [-0.3, -0.25) is 4.79 Å². The zero-order valence-corrected chi connectivity index (χ0v) is 13.3. The van der Waals surface area contributed by atoms with Gasteiger partial charge in [-0.2, -0.15) is 0 Å². The van der Waals surface area contributed by atoms with Gasteiger partial charge in [0.05, 0.1) is 0 Å². The molecular weight excluding hydrogens is 236 g/mol. The quantitative estimate of drug-likeness (QED) is 0.708. The van der Waals surface area contributed by atoms with Crippen LogP contribution in [0.4, 0.5) is 0 Å². The zero-order chi connectivity index (χ0) is 14.6. The molecule has 0 spiro atoms. The first kappa shape index (κ1) is 16.3. The average molecular weight is 266 g/mol. The van der Waals surface area contributed by atoms with Crippen LogP contribution < -0.4 is 0 Å². The summed E-state index contributed by atoms with van der Waals surface area (Å²) in [6.45, 7) is 11.5. The Bertz CT molecular complexity index is 350. The summed E-state index contributed by atoms with van der Waals surface area (Å²) in [6, 6.07) is 0. The van der Waals surface area contributed by atoms with Gasteiger partial charge in [-0.1, -0.05) is 31.9 Å². The first-order chi connectivity index (χ1) is 8.77. The summed E-state index contributed by atoms with van der Waals surface area (Å²) in [5.41, 5.74) is 3.45. The Kier molecular flexibility index (Phi) is 5.64. The monoisotopic (exact) mass is 266 g/mol. The molecule has 110 valence electrons. The lowest BCUT2D eigenvalue weighted by Crippen LogP contribution is -2.33. The molecule has 0 aliphatic heterocycles. The lowest BCUT2D eigenvalue weighted by molar-refractivity contribution is -0.137. The number of carboxylic acid groups (broad SMARTS) is 1. The molecule has 0 saturated heterocycles. The second-order valence-corrected chi connectivity index (χ2v) is 6.95.